The molecule has 0 bridgehead atoms. The summed E-state index contributed by atoms with van der Waals surface area (Å²) in [5.74, 6) is 0. The van der Waals surface area contributed by atoms with E-state index in [1.54, 1.807) is 12.4 Å². The van der Waals surface area contributed by atoms with Crippen LogP contribution < -0.4 is 0 Å². The summed E-state index contributed by atoms with van der Waals surface area (Å²) in [5, 5.41) is 4.80. The highest BCUT2D eigenvalue weighted by molar-refractivity contribution is 7.90. The van der Waals surface area contributed by atoms with Gasteiger partial charge in [0.15, 0.2) is 0 Å². The fourth-order valence-electron chi connectivity index (χ4n) is 4.38. The van der Waals surface area contributed by atoms with Crippen LogP contribution in [-0.2, 0) is 23.0 Å². The number of rotatable bonds is 4. The summed E-state index contributed by atoms with van der Waals surface area (Å²) >= 11 is 0. The van der Waals surface area contributed by atoms with E-state index in [9.17, 15) is 8.42 Å². The Bertz CT molecular complexity index is 1420. The first-order valence-corrected chi connectivity index (χ1v) is 12.1. The number of aromatic nitrogens is 4. The number of benzene rings is 1. The molecule has 4 aromatic rings. The lowest BCUT2D eigenvalue weighted by Crippen LogP contribution is -2.26. The third kappa shape index (κ3) is 3.18. The quantitative estimate of drug-likeness (QED) is 0.533. The Morgan fingerprint density at radius 3 is 2.77 bits per heavy atom. The molecule has 0 amide bonds. The maximum atomic E-state index is 12.5. The summed E-state index contributed by atoms with van der Waals surface area (Å²) in [4.78, 5) is 10.2. The van der Waals surface area contributed by atoms with Crippen LogP contribution in [0.5, 0.6) is 0 Å². The zero-order valence-corrected chi connectivity index (χ0v) is 18.1. The SMILES string of the molecule is CN1CCc2ccc(-c3cnc4[nH]cc(-c5cnn(S(=O)(=O)C6CC6)c5)c4c3)cc2C1. The minimum Gasteiger partial charge on any atom is -0.346 e. The zero-order chi connectivity index (χ0) is 21.2. The summed E-state index contributed by atoms with van der Waals surface area (Å²) in [6, 6.07) is 8.78. The molecule has 1 aliphatic carbocycles. The summed E-state index contributed by atoms with van der Waals surface area (Å²) in [6.07, 6.45) is 9.50. The highest BCUT2D eigenvalue weighted by Gasteiger charge is 2.37. The van der Waals surface area contributed by atoms with Crippen LogP contribution in [-0.4, -0.2) is 51.3 Å². The maximum Gasteiger partial charge on any atom is 0.256 e. The molecule has 3 aromatic heterocycles. The second kappa shape index (κ2) is 6.77. The maximum absolute atomic E-state index is 12.5. The molecular weight excluding hydrogens is 410 g/mol. The number of nitrogens with zero attached hydrogens (tertiary/aromatic N) is 4. The predicted octanol–water partition coefficient (Wildman–Crippen LogP) is 3.42. The van der Waals surface area contributed by atoms with E-state index >= 15 is 0 Å². The summed E-state index contributed by atoms with van der Waals surface area (Å²) in [6.45, 7) is 2.06. The lowest BCUT2D eigenvalue weighted by molar-refractivity contribution is 0.313. The number of fused-ring (bicyclic) bond motifs is 2. The molecule has 0 unspecified atom stereocenters. The van der Waals surface area contributed by atoms with Crippen LogP contribution in [0.4, 0.5) is 0 Å². The summed E-state index contributed by atoms with van der Waals surface area (Å²) in [7, 11) is -1.23. The number of H-pyrrole nitrogens is 1. The third-order valence-electron chi connectivity index (χ3n) is 6.35. The zero-order valence-electron chi connectivity index (χ0n) is 17.2. The Morgan fingerprint density at radius 2 is 1.94 bits per heavy atom. The highest BCUT2D eigenvalue weighted by atomic mass is 32.2. The largest absolute Gasteiger partial charge is 0.346 e. The van der Waals surface area contributed by atoms with Gasteiger partial charge in [0.2, 0.25) is 0 Å². The van der Waals surface area contributed by atoms with Gasteiger partial charge in [0.25, 0.3) is 10.0 Å². The number of aromatic amines is 1. The minimum atomic E-state index is -3.38. The van der Waals surface area contributed by atoms with Gasteiger partial charge < -0.3 is 9.88 Å². The van der Waals surface area contributed by atoms with Crippen molar-refractivity contribution < 1.29 is 8.42 Å². The Hall–Kier alpha value is -2.97. The molecule has 2 aliphatic rings. The lowest BCUT2D eigenvalue weighted by atomic mass is 9.95. The molecule has 0 atom stereocenters. The Labute approximate surface area is 180 Å². The van der Waals surface area contributed by atoms with E-state index in [1.165, 1.54) is 11.1 Å². The average molecular weight is 434 g/mol. The van der Waals surface area contributed by atoms with Crippen molar-refractivity contribution in [2.45, 2.75) is 31.1 Å². The van der Waals surface area contributed by atoms with Crippen LogP contribution in [0.3, 0.4) is 0 Å². The monoisotopic (exact) mass is 433 g/mol. The van der Waals surface area contributed by atoms with Gasteiger partial charge in [-0.25, -0.2) is 13.4 Å². The molecule has 4 heterocycles. The predicted molar refractivity (Wildman–Crippen MR) is 120 cm³/mol. The van der Waals surface area contributed by atoms with E-state index in [0.717, 1.165) is 56.9 Å². The molecule has 6 rings (SSSR count). The Kier molecular flexibility index (Phi) is 4.10. The van der Waals surface area contributed by atoms with Gasteiger partial charge in [-0.05, 0) is 55.1 Å². The van der Waals surface area contributed by atoms with Crippen LogP contribution in [0, 0.1) is 0 Å². The topological polar surface area (TPSA) is 83.9 Å². The van der Waals surface area contributed by atoms with Crippen molar-refractivity contribution >= 4 is 21.1 Å². The van der Waals surface area contributed by atoms with Crippen molar-refractivity contribution in [3.63, 3.8) is 0 Å². The highest BCUT2D eigenvalue weighted by Crippen LogP contribution is 2.34. The average Bonchev–Trinajstić information content (AvgIpc) is 3.37. The second-order valence-corrected chi connectivity index (χ2v) is 10.7. The molecule has 31 heavy (non-hydrogen) atoms. The van der Waals surface area contributed by atoms with E-state index in [-0.39, 0.29) is 5.25 Å². The van der Waals surface area contributed by atoms with E-state index in [4.69, 9.17) is 0 Å². The molecule has 158 valence electrons. The van der Waals surface area contributed by atoms with Crippen LogP contribution in [0.25, 0.3) is 33.3 Å². The molecular formula is C23H23N5O2S. The van der Waals surface area contributed by atoms with Gasteiger partial charge in [-0.3, -0.25) is 0 Å². The van der Waals surface area contributed by atoms with E-state index in [2.05, 4.69) is 51.3 Å². The summed E-state index contributed by atoms with van der Waals surface area (Å²) < 4.78 is 26.1. The number of likely N-dealkylation sites (N-methyl/N-ethyl adjacent to an activating group) is 1. The summed E-state index contributed by atoms with van der Waals surface area (Å²) in [5.41, 5.74) is 7.41. The van der Waals surface area contributed by atoms with Gasteiger partial charge in [0.05, 0.1) is 17.6 Å². The molecule has 1 aromatic carbocycles. The number of pyridine rings is 1. The van der Waals surface area contributed by atoms with Gasteiger partial charge in [-0.15, -0.1) is 0 Å². The van der Waals surface area contributed by atoms with Crippen molar-refractivity contribution in [2.75, 3.05) is 13.6 Å². The van der Waals surface area contributed by atoms with Crippen molar-refractivity contribution in [2.24, 2.45) is 0 Å². The van der Waals surface area contributed by atoms with Gasteiger partial charge in [0, 0.05) is 47.6 Å². The molecule has 0 spiro atoms. The lowest BCUT2D eigenvalue weighted by Gasteiger charge is -2.25. The molecule has 1 N–H and O–H groups in total. The molecule has 1 fully saturated rings. The smallest absolute Gasteiger partial charge is 0.256 e. The van der Waals surface area contributed by atoms with Gasteiger partial charge >= 0.3 is 0 Å². The first-order valence-electron chi connectivity index (χ1n) is 10.6. The Morgan fingerprint density at radius 1 is 1.06 bits per heavy atom. The van der Waals surface area contributed by atoms with E-state index in [1.807, 2.05) is 12.4 Å². The molecule has 0 saturated heterocycles. The van der Waals surface area contributed by atoms with Gasteiger partial charge in [-0.1, -0.05) is 12.1 Å². The fourth-order valence-corrected chi connectivity index (χ4v) is 5.86. The first-order chi connectivity index (χ1) is 15.0. The van der Waals surface area contributed by atoms with Crippen molar-refractivity contribution in [3.05, 3.63) is 60.2 Å². The number of nitrogens with one attached hydrogen (secondary N) is 1. The van der Waals surface area contributed by atoms with E-state index < -0.39 is 10.0 Å². The van der Waals surface area contributed by atoms with Gasteiger partial charge in [0.1, 0.15) is 5.65 Å². The van der Waals surface area contributed by atoms with Crippen molar-refractivity contribution in [3.8, 4) is 22.3 Å². The fraction of sp³-hybridized carbons (Fsp3) is 0.304. The Balaban J connectivity index is 1.40. The minimum absolute atomic E-state index is 0.292. The van der Waals surface area contributed by atoms with Crippen LogP contribution >= 0.6 is 0 Å². The van der Waals surface area contributed by atoms with Crippen LogP contribution in [0.1, 0.15) is 24.0 Å². The second-order valence-electron chi connectivity index (χ2n) is 8.64. The van der Waals surface area contributed by atoms with E-state index in [0.29, 0.717) is 12.8 Å². The molecule has 8 heteroatoms. The number of hydrogen-bond acceptors (Lipinski definition) is 5. The molecule has 1 saturated carbocycles. The van der Waals surface area contributed by atoms with Crippen LogP contribution in [0.2, 0.25) is 0 Å². The molecule has 7 nitrogen and oxygen atoms in total. The van der Waals surface area contributed by atoms with Crippen LogP contribution in [0.15, 0.2) is 49.1 Å². The third-order valence-corrected chi connectivity index (χ3v) is 8.39. The van der Waals surface area contributed by atoms with Crippen molar-refractivity contribution in [1.29, 1.82) is 0 Å². The first kappa shape index (κ1) is 18.8. The number of hydrogen-bond donors (Lipinski definition) is 1. The molecule has 1 aliphatic heterocycles. The van der Waals surface area contributed by atoms with Gasteiger partial charge in [-0.2, -0.15) is 9.19 Å². The standard InChI is InChI=1S/C23H23N5O2S/c1-27-7-6-15-2-3-16(8-18(15)13-27)17-9-21-22(12-25-23(21)24-10-17)19-11-26-28(14-19)31(29,30)20-4-5-20/h2-3,8-12,14,20H,4-7,13H2,1H3,(H,24,25). The van der Waals surface area contributed by atoms with Crippen molar-refractivity contribution in [1.82, 2.24) is 24.1 Å². The normalized spacial score (nSPS) is 17.2. The molecule has 0 radical (unpaired) electrons.